The summed E-state index contributed by atoms with van der Waals surface area (Å²) in [5.74, 6) is 0. The molecule has 1 aliphatic heterocycles. The monoisotopic (exact) mass is 146 g/mol. The highest BCUT2D eigenvalue weighted by Gasteiger charge is 2.19. The summed E-state index contributed by atoms with van der Waals surface area (Å²) in [7, 11) is 0.788. The van der Waals surface area contributed by atoms with Crippen LogP contribution in [0, 0.1) is 6.92 Å². The molecule has 0 fully saturated rings. The maximum Gasteiger partial charge on any atom is 0.309 e. The summed E-state index contributed by atoms with van der Waals surface area (Å²) in [4.78, 5) is 0. The van der Waals surface area contributed by atoms with Gasteiger partial charge in [-0.25, -0.2) is 0 Å². The third-order valence-electron chi connectivity index (χ3n) is 2.23. The first-order valence-electron chi connectivity index (χ1n) is 3.98. The van der Waals surface area contributed by atoms with Crippen molar-refractivity contribution in [3.05, 3.63) is 29.3 Å². The average molecular weight is 146 g/mol. The summed E-state index contributed by atoms with van der Waals surface area (Å²) in [5, 5.41) is 0. The number of benzene rings is 1. The SMILES string of the molecule is Cc1ccc2c(c1)C(C)OB2. The molecule has 1 unspecified atom stereocenters. The van der Waals surface area contributed by atoms with Crippen LogP contribution < -0.4 is 5.46 Å². The van der Waals surface area contributed by atoms with Gasteiger partial charge in [0.1, 0.15) is 0 Å². The minimum atomic E-state index is 0.296. The van der Waals surface area contributed by atoms with Crippen molar-refractivity contribution < 1.29 is 4.65 Å². The first-order chi connectivity index (χ1) is 5.27. The average Bonchev–Trinajstić information content (AvgIpc) is 2.33. The van der Waals surface area contributed by atoms with Crippen LogP contribution in [-0.2, 0) is 4.65 Å². The van der Waals surface area contributed by atoms with E-state index in [0.717, 1.165) is 7.48 Å². The van der Waals surface area contributed by atoms with E-state index < -0.39 is 0 Å². The fraction of sp³-hybridized carbons (Fsp3) is 0.333. The highest BCUT2D eigenvalue weighted by atomic mass is 16.4. The molecule has 2 rings (SSSR count). The minimum absolute atomic E-state index is 0.296. The molecular formula is C9H11BO. The van der Waals surface area contributed by atoms with E-state index in [1.807, 2.05) is 0 Å². The van der Waals surface area contributed by atoms with E-state index in [9.17, 15) is 0 Å². The molecule has 2 heteroatoms. The third kappa shape index (κ3) is 1.08. The zero-order valence-electron chi connectivity index (χ0n) is 6.92. The summed E-state index contributed by atoms with van der Waals surface area (Å²) in [5.41, 5.74) is 4.04. The van der Waals surface area contributed by atoms with Crippen LogP contribution in [0.4, 0.5) is 0 Å². The Morgan fingerprint density at radius 3 is 3.09 bits per heavy atom. The number of hydrogen-bond acceptors (Lipinski definition) is 1. The van der Waals surface area contributed by atoms with Crippen molar-refractivity contribution >= 4 is 12.9 Å². The second kappa shape index (κ2) is 2.38. The van der Waals surface area contributed by atoms with E-state index in [1.165, 1.54) is 16.6 Å². The summed E-state index contributed by atoms with van der Waals surface area (Å²) in [6.07, 6.45) is 0.296. The number of rotatable bonds is 0. The molecule has 0 aliphatic carbocycles. The van der Waals surface area contributed by atoms with Crippen LogP contribution in [0.1, 0.15) is 24.2 Å². The normalized spacial score (nSPS) is 21.1. The van der Waals surface area contributed by atoms with Gasteiger partial charge in [0.05, 0.1) is 6.10 Å². The van der Waals surface area contributed by atoms with Crippen molar-refractivity contribution in [2.45, 2.75) is 20.0 Å². The zero-order valence-corrected chi connectivity index (χ0v) is 6.92. The molecule has 0 radical (unpaired) electrons. The summed E-state index contributed by atoms with van der Waals surface area (Å²) >= 11 is 0. The molecule has 1 aliphatic rings. The molecule has 0 saturated carbocycles. The van der Waals surface area contributed by atoms with Crippen LogP contribution in [-0.4, -0.2) is 7.48 Å². The third-order valence-corrected chi connectivity index (χ3v) is 2.23. The van der Waals surface area contributed by atoms with Gasteiger partial charge in [-0.15, -0.1) is 0 Å². The van der Waals surface area contributed by atoms with E-state index >= 15 is 0 Å². The van der Waals surface area contributed by atoms with Crippen molar-refractivity contribution in [3.63, 3.8) is 0 Å². The Morgan fingerprint density at radius 2 is 2.27 bits per heavy atom. The van der Waals surface area contributed by atoms with Gasteiger partial charge < -0.3 is 4.65 Å². The molecular weight excluding hydrogens is 135 g/mol. The molecule has 56 valence electrons. The summed E-state index contributed by atoms with van der Waals surface area (Å²) < 4.78 is 5.48. The largest absolute Gasteiger partial charge is 0.428 e. The van der Waals surface area contributed by atoms with Gasteiger partial charge in [-0.1, -0.05) is 23.8 Å². The van der Waals surface area contributed by atoms with Crippen LogP contribution in [0.25, 0.3) is 0 Å². The van der Waals surface area contributed by atoms with Gasteiger partial charge in [-0.2, -0.15) is 0 Å². The molecule has 0 saturated heterocycles. The van der Waals surface area contributed by atoms with Crippen molar-refractivity contribution in [1.82, 2.24) is 0 Å². The van der Waals surface area contributed by atoms with Crippen LogP contribution in [0.5, 0.6) is 0 Å². The van der Waals surface area contributed by atoms with Gasteiger partial charge in [0.15, 0.2) is 0 Å². The van der Waals surface area contributed by atoms with Gasteiger partial charge in [0.2, 0.25) is 0 Å². The summed E-state index contributed by atoms with van der Waals surface area (Å²) in [6.45, 7) is 4.22. The van der Waals surface area contributed by atoms with Crippen LogP contribution >= 0.6 is 0 Å². The Bertz CT molecular complexity index is 283. The molecule has 1 nitrogen and oxygen atoms in total. The lowest BCUT2D eigenvalue weighted by atomic mass is 9.86. The smallest absolute Gasteiger partial charge is 0.309 e. The summed E-state index contributed by atoms with van der Waals surface area (Å²) in [6, 6.07) is 6.52. The topological polar surface area (TPSA) is 9.23 Å². The van der Waals surface area contributed by atoms with E-state index in [4.69, 9.17) is 4.65 Å². The molecule has 0 amide bonds. The van der Waals surface area contributed by atoms with E-state index in [0.29, 0.717) is 6.10 Å². The van der Waals surface area contributed by atoms with Crippen molar-refractivity contribution in [2.24, 2.45) is 0 Å². The Labute approximate surface area is 67.7 Å². The maximum absolute atomic E-state index is 5.48. The minimum Gasteiger partial charge on any atom is -0.428 e. The molecule has 11 heavy (non-hydrogen) atoms. The van der Waals surface area contributed by atoms with Crippen molar-refractivity contribution in [3.8, 4) is 0 Å². The second-order valence-corrected chi connectivity index (χ2v) is 3.16. The molecule has 0 N–H and O–H groups in total. The van der Waals surface area contributed by atoms with Gasteiger partial charge >= 0.3 is 7.48 Å². The predicted molar refractivity (Wildman–Crippen MR) is 47.5 cm³/mol. The Morgan fingerprint density at radius 1 is 1.45 bits per heavy atom. The quantitative estimate of drug-likeness (QED) is 0.497. The lowest BCUT2D eigenvalue weighted by Gasteiger charge is -2.04. The van der Waals surface area contributed by atoms with E-state index in [1.54, 1.807) is 0 Å². The number of aryl methyl sites for hydroxylation is 1. The lowest BCUT2D eigenvalue weighted by molar-refractivity contribution is 0.258. The van der Waals surface area contributed by atoms with E-state index in [-0.39, 0.29) is 0 Å². The number of hydrogen-bond donors (Lipinski definition) is 0. The first-order valence-corrected chi connectivity index (χ1v) is 3.98. The Hall–Kier alpha value is -0.755. The standard InChI is InChI=1S/C9H11BO/c1-6-3-4-9-8(5-6)7(2)11-10-9/h3-5,7,10H,1-2H3. The van der Waals surface area contributed by atoms with Gasteiger partial charge in [-0.05, 0) is 24.9 Å². The fourth-order valence-corrected chi connectivity index (χ4v) is 1.53. The number of fused-ring (bicyclic) bond motifs is 1. The fourth-order valence-electron chi connectivity index (χ4n) is 1.53. The molecule has 1 heterocycles. The lowest BCUT2D eigenvalue weighted by Crippen LogP contribution is -2.10. The molecule has 0 aromatic heterocycles. The molecule has 1 atom stereocenters. The Balaban J connectivity index is 2.52. The molecule has 1 aromatic carbocycles. The van der Waals surface area contributed by atoms with Crippen LogP contribution in [0.15, 0.2) is 18.2 Å². The molecule has 0 spiro atoms. The van der Waals surface area contributed by atoms with Crippen molar-refractivity contribution in [2.75, 3.05) is 0 Å². The van der Waals surface area contributed by atoms with Gasteiger partial charge in [0.25, 0.3) is 0 Å². The van der Waals surface area contributed by atoms with Crippen molar-refractivity contribution in [1.29, 1.82) is 0 Å². The van der Waals surface area contributed by atoms with Crippen LogP contribution in [0.3, 0.4) is 0 Å². The predicted octanol–water partition coefficient (Wildman–Crippen LogP) is 1.06. The molecule has 0 bridgehead atoms. The Kier molecular flexibility index (Phi) is 1.50. The van der Waals surface area contributed by atoms with Crippen LogP contribution in [0.2, 0.25) is 0 Å². The highest BCUT2D eigenvalue weighted by molar-refractivity contribution is 6.49. The maximum atomic E-state index is 5.48. The zero-order chi connectivity index (χ0) is 7.84. The van der Waals surface area contributed by atoms with E-state index in [2.05, 4.69) is 32.0 Å². The second-order valence-electron chi connectivity index (χ2n) is 3.16. The molecule has 1 aromatic rings. The first kappa shape index (κ1) is 6.92. The highest BCUT2D eigenvalue weighted by Crippen LogP contribution is 2.20. The van der Waals surface area contributed by atoms with Gasteiger partial charge in [0, 0.05) is 0 Å². The van der Waals surface area contributed by atoms with Gasteiger partial charge in [-0.3, -0.25) is 0 Å².